The Balaban J connectivity index is 1.97. The van der Waals surface area contributed by atoms with Crippen molar-refractivity contribution in [3.05, 3.63) is 24.5 Å². The number of rotatable bonds is 3. The zero-order valence-corrected chi connectivity index (χ0v) is 10.4. The molecule has 0 aliphatic heterocycles. The Morgan fingerprint density at radius 3 is 2.94 bits per heavy atom. The average Bonchev–Trinajstić information content (AvgIpc) is 3.02. The molecule has 2 aromatic heterocycles. The lowest BCUT2D eigenvalue weighted by Crippen LogP contribution is -2.17. The minimum Gasteiger partial charge on any atom is -0.495 e. The minimum absolute atomic E-state index is 0.573. The Morgan fingerprint density at radius 2 is 2.29 bits per heavy atom. The van der Waals surface area contributed by atoms with Crippen molar-refractivity contribution in [1.29, 1.82) is 0 Å². The third kappa shape index (κ3) is 1.69. The monoisotopic (exact) mass is 231 g/mol. The second kappa shape index (κ2) is 3.74. The van der Waals surface area contributed by atoms with E-state index in [4.69, 9.17) is 4.74 Å². The van der Waals surface area contributed by atoms with Crippen LogP contribution in [0.4, 0.5) is 0 Å². The smallest absolute Gasteiger partial charge is 0.140 e. The van der Waals surface area contributed by atoms with Gasteiger partial charge in [-0.2, -0.15) is 0 Å². The molecule has 4 heteroatoms. The Kier molecular flexibility index (Phi) is 2.33. The first-order valence-electron chi connectivity index (χ1n) is 5.87. The molecule has 2 atom stereocenters. The highest BCUT2D eigenvalue weighted by atomic mass is 16.5. The predicted molar refractivity (Wildman–Crippen MR) is 67.4 cm³/mol. The van der Waals surface area contributed by atoms with Crippen molar-refractivity contribution in [3.63, 3.8) is 0 Å². The van der Waals surface area contributed by atoms with Gasteiger partial charge in [-0.15, -0.1) is 0 Å². The summed E-state index contributed by atoms with van der Waals surface area (Å²) >= 11 is 0. The maximum Gasteiger partial charge on any atom is 0.140 e. The fourth-order valence-electron chi connectivity index (χ4n) is 2.43. The van der Waals surface area contributed by atoms with Gasteiger partial charge >= 0.3 is 0 Å². The van der Waals surface area contributed by atoms with Crippen LogP contribution >= 0.6 is 0 Å². The fourth-order valence-corrected chi connectivity index (χ4v) is 2.43. The molecule has 17 heavy (non-hydrogen) atoms. The van der Waals surface area contributed by atoms with E-state index in [9.17, 15) is 0 Å². The van der Waals surface area contributed by atoms with Crippen molar-refractivity contribution in [2.45, 2.75) is 18.5 Å². The lowest BCUT2D eigenvalue weighted by Gasteiger charge is -2.10. The van der Waals surface area contributed by atoms with E-state index in [1.807, 2.05) is 6.07 Å². The molecule has 0 saturated heterocycles. The molecule has 0 amide bonds. The van der Waals surface area contributed by atoms with Crippen LogP contribution in [0.5, 0.6) is 5.75 Å². The molecule has 2 aromatic rings. The first kappa shape index (κ1) is 10.6. The van der Waals surface area contributed by atoms with Crippen LogP contribution in [-0.2, 0) is 0 Å². The number of fused-ring (bicyclic) bond motifs is 1. The van der Waals surface area contributed by atoms with Crippen LogP contribution in [-0.4, -0.2) is 41.7 Å². The van der Waals surface area contributed by atoms with Crippen molar-refractivity contribution in [2.24, 2.45) is 0 Å². The maximum absolute atomic E-state index is 5.19. The van der Waals surface area contributed by atoms with Crippen molar-refractivity contribution >= 4 is 11.0 Å². The molecule has 0 N–H and O–H groups in total. The van der Waals surface area contributed by atoms with Crippen molar-refractivity contribution in [3.8, 4) is 5.75 Å². The largest absolute Gasteiger partial charge is 0.495 e. The van der Waals surface area contributed by atoms with E-state index in [2.05, 4.69) is 40.8 Å². The second-order valence-corrected chi connectivity index (χ2v) is 4.84. The summed E-state index contributed by atoms with van der Waals surface area (Å²) in [7, 11) is 5.93. The molecule has 1 saturated carbocycles. The quantitative estimate of drug-likeness (QED) is 0.808. The zero-order chi connectivity index (χ0) is 12.0. The second-order valence-electron chi connectivity index (χ2n) is 4.84. The first-order chi connectivity index (χ1) is 8.20. The summed E-state index contributed by atoms with van der Waals surface area (Å²) in [5, 5.41) is 1.15. The van der Waals surface area contributed by atoms with Crippen molar-refractivity contribution < 1.29 is 4.74 Å². The third-order valence-electron chi connectivity index (χ3n) is 3.51. The van der Waals surface area contributed by atoms with Gasteiger partial charge in [0.2, 0.25) is 0 Å². The molecule has 0 aromatic carbocycles. The molecule has 1 aliphatic carbocycles. The topological polar surface area (TPSA) is 30.3 Å². The summed E-state index contributed by atoms with van der Waals surface area (Å²) in [6.07, 6.45) is 5.13. The lowest BCUT2D eigenvalue weighted by molar-refractivity contribution is 0.377. The summed E-state index contributed by atoms with van der Waals surface area (Å²) < 4.78 is 7.46. The Hall–Kier alpha value is -1.55. The number of hydrogen-bond donors (Lipinski definition) is 0. The van der Waals surface area contributed by atoms with E-state index in [-0.39, 0.29) is 0 Å². The molecule has 3 rings (SSSR count). The highest BCUT2D eigenvalue weighted by Gasteiger charge is 2.40. The van der Waals surface area contributed by atoms with E-state index in [0.717, 1.165) is 16.8 Å². The number of pyridine rings is 1. The van der Waals surface area contributed by atoms with Crippen molar-refractivity contribution in [1.82, 2.24) is 14.5 Å². The van der Waals surface area contributed by atoms with Gasteiger partial charge < -0.3 is 14.2 Å². The van der Waals surface area contributed by atoms with E-state index < -0.39 is 0 Å². The number of aromatic nitrogens is 2. The predicted octanol–water partition coefficient (Wildman–Crippen LogP) is 1.92. The molecular weight excluding hydrogens is 214 g/mol. The Bertz CT molecular complexity index is 547. The highest BCUT2D eigenvalue weighted by molar-refractivity contribution is 5.77. The van der Waals surface area contributed by atoms with Gasteiger partial charge in [0.05, 0.1) is 19.3 Å². The van der Waals surface area contributed by atoms with Crippen LogP contribution in [0.25, 0.3) is 11.0 Å². The molecule has 0 radical (unpaired) electrons. The summed E-state index contributed by atoms with van der Waals surface area (Å²) in [6, 6.07) is 5.36. The molecule has 0 bridgehead atoms. The standard InChI is InChI=1S/C13H17N3O/c1-15(2)11-7-12(11)16-5-4-9-6-10(17-3)8-14-13(9)16/h4-6,8,11-12H,7H2,1-3H3. The molecule has 2 unspecified atom stereocenters. The molecule has 0 spiro atoms. The number of methoxy groups -OCH3 is 1. The van der Waals surface area contributed by atoms with Crippen molar-refractivity contribution in [2.75, 3.05) is 21.2 Å². The molecule has 1 aliphatic rings. The van der Waals surface area contributed by atoms with Gasteiger partial charge in [0, 0.05) is 17.6 Å². The number of hydrogen-bond acceptors (Lipinski definition) is 3. The fraction of sp³-hybridized carbons (Fsp3) is 0.462. The number of nitrogens with zero attached hydrogens (tertiary/aromatic N) is 3. The van der Waals surface area contributed by atoms with Crippen LogP contribution in [0.15, 0.2) is 24.5 Å². The van der Waals surface area contributed by atoms with Gasteiger partial charge in [-0.3, -0.25) is 0 Å². The van der Waals surface area contributed by atoms with Crippen LogP contribution in [0, 0.1) is 0 Å². The zero-order valence-electron chi connectivity index (χ0n) is 10.4. The minimum atomic E-state index is 0.573. The van der Waals surface area contributed by atoms with Crippen LogP contribution < -0.4 is 4.74 Å². The van der Waals surface area contributed by atoms with Gasteiger partial charge in [-0.25, -0.2) is 4.98 Å². The maximum atomic E-state index is 5.19. The summed E-state index contributed by atoms with van der Waals surface area (Å²) in [4.78, 5) is 6.76. The van der Waals surface area contributed by atoms with Gasteiger partial charge in [0.25, 0.3) is 0 Å². The van der Waals surface area contributed by atoms with Crippen LogP contribution in [0.3, 0.4) is 0 Å². The number of likely N-dealkylation sites (N-methyl/N-ethyl adjacent to an activating group) is 1. The molecule has 2 heterocycles. The molecule has 90 valence electrons. The third-order valence-corrected chi connectivity index (χ3v) is 3.51. The van der Waals surface area contributed by atoms with E-state index in [1.165, 1.54) is 6.42 Å². The van der Waals surface area contributed by atoms with Gasteiger partial charge in [-0.1, -0.05) is 0 Å². The van der Waals surface area contributed by atoms with E-state index in [0.29, 0.717) is 12.1 Å². The summed E-state index contributed by atoms with van der Waals surface area (Å²) in [6.45, 7) is 0. The summed E-state index contributed by atoms with van der Waals surface area (Å²) in [5.74, 6) is 0.815. The molecular formula is C13H17N3O. The van der Waals surface area contributed by atoms with Gasteiger partial charge in [0.1, 0.15) is 11.4 Å². The van der Waals surface area contributed by atoms with Crippen LogP contribution in [0.2, 0.25) is 0 Å². The molecule has 1 fully saturated rings. The lowest BCUT2D eigenvalue weighted by atomic mass is 10.3. The normalized spacial score (nSPS) is 23.3. The molecule has 4 nitrogen and oxygen atoms in total. The van der Waals surface area contributed by atoms with E-state index in [1.54, 1.807) is 13.3 Å². The first-order valence-corrected chi connectivity index (χ1v) is 5.87. The Morgan fingerprint density at radius 1 is 1.47 bits per heavy atom. The summed E-state index contributed by atoms with van der Waals surface area (Å²) in [5.41, 5.74) is 1.06. The SMILES string of the molecule is COc1cnc2c(ccn2C2CC2N(C)C)c1. The Labute approximate surface area is 101 Å². The van der Waals surface area contributed by atoms with Gasteiger partial charge in [-0.05, 0) is 32.6 Å². The van der Waals surface area contributed by atoms with Crippen LogP contribution in [0.1, 0.15) is 12.5 Å². The van der Waals surface area contributed by atoms with Gasteiger partial charge in [0.15, 0.2) is 0 Å². The average molecular weight is 231 g/mol. The van der Waals surface area contributed by atoms with E-state index >= 15 is 0 Å². The number of ether oxygens (including phenoxy) is 1. The highest BCUT2D eigenvalue weighted by Crippen LogP contribution is 2.41.